The van der Waals surface area contributed by atoms with Crippen molar-refractivity contribution >= 4 is 23.0 Å². The molecule has 1 unspecified atom stereocenters. The summed E-state index contributed by atoms with van der Waals surface area (Å²) in [6.07, 6.45) is -1.06. The minimum Gasteiger partial charge on any atom is -0.386 e. The van der Waals surface area contributed by atoms with E-state index in [1.54, 1.807) is 13.0 Å². The van der Waals surface area contributed by atoms with E-state index in [-0.39, 0.29) is 22.8 Å². The number of nitro groups is 1. The highest BCUT2D eigenvalue weighted by molar-refractivity contribution is 6.33. The molecule has 0 bridgehead atoms. The summed E-state index contributed by atoms with van der Waals surface area (Å²) in [7, 11) is 0. The third-order valence-electron chi connectivity index (χ3n) is 3.23. The van der Waals surface area contributed by atoms with Gasteiger partial charge in [0.15, 0.2) is 0 Å². The van der Waals surface area contributed by atoms with Gasteiger partial charge in [0.2, 0.25) is 0 Å². The molecule has 0 fully saturated rings. The predicted octanol–water partition coefficient (Wildman–Crippen LogP) is 3.84. The Bertz CT molecular complexity index is 709. The van der Waals surface area contributed by atoms with Gasteiger partial charge in [0.25, 0.3) is 5.69 Å². The Kier molecular flexibility index (Phi) is 4.95. The molecule has 0 saturated heterocycles. The van der Waals surface area contributed by atoms with Crippen molar-refractivity contribution < 1.29 is 14.4 Å². The van der Waals surface area contributed by atoms with Gasteiger partial charge in [-0.2, -0.15) is 0 Å². The SMILES string of the molecule is Cc1cc(NCC(O)c2ccccc2F)c(Cl)cc1[N+](=O)[O-]. The number of benzene rings is 2. The molecular weight excluding hydrogens is 311 g/mol. The number of aliphatic hydroxyl groups excluding tert-OH is 1. The molecular formula is C15H14ClFN2O3. The monoisotopic (exact) mass is 324 g/mol. The van der Waals surface area contributed by atoms with E-state index in [4.69, 9.17) is 11.6 Å². The summed E-state index contributed by atoms with van der Waals surface area (Å²) >= 11 is 5.98. The van der Waals surface area contributed by atoms with Crippen LogP contribution in [0.25, 0.3) is 0 Å². The average Bonchev–Trinajstić information content (AvgIpc) is 2.47. The van der Waals surface area contributed by atoms with Crippen molar-refractivity contribution in [2.24, 2.45) is 0 Å². The lowest BCUT2D eigenvalue weighted by atomic mass is 10.1. The Morgan fingerprint density at radius 3 is 2.73 bits per heavy atom. The van der Waals surface area contributed by atoms with Crippen molar-refractivity contribution in [1.82, 2.24) is 0 Å². The lowest BCUT2D eigenvalue weighted by molar-refractivity contribution is -0.385. The summed E-state index contributed by atoms with van der Waals surface area (Å²) < 4.78 is 13.6. The van der Waals surface area contributed by atoms with E-state index in [9.17, 15) is 19.6 Å². The van der Waals surface area contributed by atoms with Crippen molar-refractivity contribution in [3.8, 4) is 0 Å². The topological polar surface area (TPSA) is 75.4 Å². The van der Waals surface area contributed by atoms with Crippen molar-refractivity contribution in [3.05, 3.63) is 68.5 Å². The molecule has 2 aromatic rings. The maximum Gasteiger partial charge on any atom is 0.273 e. The number of hydrogen-bond donors (Lipinski definition) is 2. The number of anilines is 1. The molecule has 5 nitrogen and oxygen atoms in total. The summed E-state index contributed by atoms with van der Waals surface area (Å²) in [6, 6.07) is 8.69. The molecule has 0 aliphatic rings. The number of halogens is 2. The molecule has 2 aromatic carbocycles. The van der Waals surface area contributed by atoms with Crippen LogP contribution in [0.4, 0.5) is 15.8 Å². The Labute approximate surface area is 131 Å². The smallest absolute Gasteiger partial charge is 0.273 e. The number of rotatable bonds is 5. The molecule has 0 saturated carbocycles. The molecule has 0 aliphatic carbocycles. The second-order valence-corrected chi connectivity index (χ2v) is 5.20. The van der Waals surface area contributed by atoms with Crippen molar-refractivity contribution in [2.45, 2.75) is 13.0 Å². The summed E-state index contributed by atoms with van der Waals surface area (Å²) in [6.45, 7) is 1.62. The molecule has 0 amide bonds. The van der Waals surface area contributed by atoms with E-state index >= 15 is 0 Å². The van der Waals surface area contributed by atoms with Crippen molar-refractivity contribution in [1.29, 1.82) is 0 Å². The van der Waals surface area contributed by atoms with E-state index in [2.05, 4.69) is 5.32 Å². The zero-order valence-corrected chi connectivity index (χ0v) is 12.5. The van der Waals surface area contributed by atoms with Gasteiger partial charge >= 0.3 is 0 Å². The Morgan fingerprint density at radius 1 is 1.41 bits per heavy atom. The average molecular weight is 325 g/mol. The van der Waals surface area contributed by atoms with Crippen molar-refractivity contribution in [3.63, 3.8) is 0 Å². The van der Waals surface area contributed by atoms with Gasteiger partial charge in [0, 0.05) is 23.7 Å². The number of nitrogens with one attached hydrogen (secondary N) is 1. The first kappa shape index (κ1) is 16.2. The standard InChI is InChI=1S/C15H14ClFN2O3/c1-9-6-13(11(16)7-14(9)19(21)22)18-8-15(20)10-4-2-3-5-12(10)17/h2-7,15,18,20H,8H2,1H3. The van der Waals surface area contributed by atoms with Gasteiger partial charge in [0.05, 0.1) is 21.7 Å². The van der Waals surface area contributed by atoms with E-state index in [1.165, 1.54) is 30.3 Å². The summed E-state index contributed by atoms with van der Waals surface area (Å²) in [4.78, 5) is 10.3. The van der Waals surface area contributed by atoms with Crippen LogP contribution in [0.3, 0.4) is 0 Å². The fraction of sp³-hybridized carbons (Fsp3) is 0.200. The summed E-state index contributed by atoms with van der Waals surface area (Å²) in [5, 5.41) is 23.9. The predicted molar refractivity (Wildman–Crippen MR) is 82.7 cm³/mol. The number of nitro benzene ring substituents is 1. The lowest BCUT2D eigenvalue weighted by Crippen LogP contribution is -2.14. The molecule has 0 radical (unpaired) electrons. The zero-order valence-electron chi connectivity index (χ0n) is 11.7. The van der Waals surface area contributed by atoms with Crippen LogP contribution in [-0.2, 0) is 0 Å². The van der Waals surface area contributed by atoms with Gasteiger partial charge in [-0.25, -0.2) is 4.39 Å². The van der Waals surface area contributed by atoms with Crippen LogP contribution in [0, 0.1) is 22.9 Å². The van der Waals surface area contributed by atoms with Crippen LogP contribution >= 0.6 is 11.6 Å². The minimum atomic E-state index is -1.06. The molecule has 0 aliphatic heterocycles. The summed E-state index contributed by atoms with van der Waals surface area (Å²) in [5.74, 6) is -0.497. The van der Waals surface area contributed by atoms with Crippen LogP contribution in [0.2, 0.25) is 5.02 Å². The maximum atomic E-state index is 13.6. The molecule has 0 heterocycles. The largest absolute Gasteiger partial charge is 0.386 e. The van der Waals surface area contributed by atoms with Crippen LogP contribution in [0.15, 0.2) is 36.4 Å². The molecule has 2 rings (SSSR count). The van der Waals surface area contributed by atoms with Crippen LogP contribution in [-0.4, -0.2) is 16.6 Å². The van der Waals surface area contributed by atoms with E-state index < -0.39 is 16.8 Å². The van der Waals surface area contributed by atoms with Gasteiger partial charge in [-0.1, -0.05) is 29.8 Å². The second-order valence-electron chi connectivity index (χ2n) is 4.79. The Hall–Kier alpha value is -2.18. The van der Waals surface area contributed by atoms with E-state index in [1.807, 2.05) is 0 Å². The van der Waals surface area contributed by atoms with Gasteiger partial charge in [0.1, 0.15) is 5.82 Å². The van der Waals surface area contributed by atoms with E-state index in [0.717, 1.165) is 0 Å². The minimum absolute atomic E-state index is 0.0257. The molecule has 116 valence electrons. The first-order valence-electron chi connectivity index (χ1n) is 6.51. The zero-order chi connectivity index (χ0) is 16.3. The quantitative estimate of drug-likeness (QED) is 0.647. The van der Waals surface area contributed by atoms with Crippen LogP contribution < -0.4 is 5.32 Å². The Morgan fingerprint density at radius 2 is 2.09 bits per heavy atom. The molecule has 7 heteroatoms. The van der Waals surface area contributed by atoms with Gasteiger partial charge in [-0.05, 0) is 19.1 Å². The highest BCUT2D eigenvalue weighted by Gasteiger charge is 2.16. The molecule has 0 aromatic heterocycles. The highest BCUT2D eigenvalue weighted by atomic mass is 35.5. The normalized spacial score (nSPS) is 12.0. The third-order valence-corrected chi connectivity index (χ3v) is 3.55. The van der Waals surface area contributed by atoms with E-state index in [0.29, 0.717) is 11.3 Å². The lowest BCUT2D eigenvalue weighted by Gasteiger charge is -2.15. The van der Waals surface area contributed by atoms with Gasteiger partial charge in [-0.3, -0.25) is 10.1 Å². The second kappa shape index (κ2) is 6.72. The first-order chi connectivity index (χ1) is 10.4. The fourth-order valence-corrected chi connectivity index (χ4v) is 2.29. The highest BCUT2D eigenvalue weighted by Crippen LogP contribution is 2.30. The molecule has 0 spiro atoms. The maximum absolute atomic E-state index is 13.6. The summed E-state index contributed by atoms with van der Waals surface area (Å²) in [5.41, 5.74) is 0.979. The number of aliphatic hydroxyl groups is 1. The number of nitrogens with zero attached hydrogens (tertiary/aromatic N) is 1. The molecule has 1 atom stereocenters. The number of hydrogen-bond acceptors (Lipinski definition) is 4. The molecule has 2 N–H and O–H groups in total. The number of aryl methyl sites for hydroxylation is 1. The Balaban J connectivity index is 2.14. The fourth-order valence-electron chi connectivity index (χ4n) is 2.07. The van der Waals surface area contributed by atoms with Crippen molar-refractivity contribution in [2.75, 3.05) is 11.9 Å². The van der Waals surface area contributed by atoms with Crippen LogP contribution in [0.1, 0.15) is 17.2 Å². The first-order valence-corrected chi connectivity index (χ1v) is 6.89. The van der Waals surface area contributed by atoms with Gasteiger partial charge in [-0.15, -0.1) is 0 Å². The van der Waals surface area contributed by atoms with Gasteiger partial charge < -0.3 is 10.4 Å². The third kappa shape index (κ3) is 3.52. The molecule has 22 heavy (non-hydrogen) atoms. The van der Waals surface area contributed by atoms with Crippen LogP contribution in [0.5, 0.6) is 0 Å².